The normalized spacial score (nSPS) is 27.6. The van der Waals surface area contributed by atoms with Crippen LogP contribution in [0.3, 0.4) is 0 Å². The van der Waals surface area contributed by atoms with Gasteiger partial charge in [0.2, 0.25) is 17.7 Å². The number of phenolic OH excluding ortho intramolecular Hbond substituents is 2. The highest BCUT2D eigenvalue weighted by atomic mass is 79.9. The van der Waals surface area contributed by atoms with Crippen LogP contribution < -0.4 is 10.6 Å². The van der Waals surface area contributed by atoms with Crippen LogP contribution in [0.15, 0.2) is 58.6 Å². The van der Waals surface area contributed by atoms with E-state index in [-0.39, 0.29) is 36.2 Å². The van der Waals surface area contributed by atoms with E-state index >= 15 is 0 Å². The maximum atomic E-state index is 14.0. The number of benzene rings is 2. The van der Waals surface area contributed by atoms with Gasteiger partial charge in [-0.2, -0.15) is 0 Å². The predicted molar refractivity (Wildman–Crippen MR) is 174 cm³/mol. The summed E-state index contributed by atoms with van der Waals surface area (Å²) in [6, 6.07) is 8.17. The number of hydrogen-bond donors (Lipinski definition) is 4. The molecule has 10 nitrogen and oxygen atoms in total. The number of aromatic hydroxyl groups is 2. The molecule has 0 fully saturated rings. The highest BCUT2D eigenvalue weighted by Crippen LogP contribution is 2.27. The summed E-state index contributed by atoms with van der Waals surface area (Å²) in [5.74, 6) is -2.06. The van der Waals surface area contributed by atoms with Crippen molar-refractivity contribution in [3.8, 4) is 11.5 Å². The van der Waals surface area contributed by atoms with Crippen LogP contribution in [0.1, 0.15) is 71.0 Å². The molecule has 1 heterocycles. The van der Waals surface area contributed by atoms with E-state index in [0.29, 0.717) is 28.4 Å². The molecular weight excluding hydrogens is 642 g/mol. The van der Waals surface area contributed by atoms with E-state index in [4.69, 9.17) is 4.74 Å². The second-order valence-corrected chi connectivity index (χ2v) is 13.0. The van der Waals surface area contributed by atoms with Gasteiger partial charge in [-0.1, -0.05) is 43.7 Å². The van der Waals surface area contributed by atoms with Crippen LogP contribution in [0.2, 0.25) is 0 Å². The Balaban J connectivity index is 2.03. The van der Waals surface area contributed by atoms with E-state index in [1.807, 2.05) is 20.8 Å². The van der Waals surface area contributed by atoms with Crippen LogP contribution in [0, 0.1) is 11.8 Å². The fourth-order valence-corrected chi connectivity index (χ4v) is 6.04. The molecule has 45 heavy (non-hydrogen) atoms. The van der Waals surface area contributed by atoms with Crippen molar-refractivity contribution in [2.45, 2.75) is 84.5 Å². The van der Waals surface area contributed by atoms with Gasteiger partial charge in [-0.3, -0.25) is 19.2 Å². The molecule has 2 aromatic carbocycles. The monoisotopic (exact) mass is 685 g/mol. The molecule has 0 aliphatic carbocycles. The van der Waals surface area contributed by atoms with Crippen molar-refractivity contribution in [3.05, 3.63) is 69.7 Å². The molecule has 3 rings (SSSR count). The number of hydrogen-bond acceptors (Lipinski definition) is 7. The third kappa shape index (κ3) is 10.3. The zero-order valence-electron chi connectivity index (χ0n) is 26.7. The van der Waals surface area contributed by atoms with Crippen LogP contribution >= 0.6 is 15.9 Å². The Hall–Kier alpha value is -3.86. The van der Waals surface area contributed by atoms with Crippen LogP contribution in [-0.4, -0.2) is 64.0 Å². The van der Waals surface area contributed by atoms with Gasteiger partial charge in [0, 0.05) is 19.4 Å². The lowest BCUT2D eigenvalue weighted by atomic mass is 9.95. The molecule has 1 aliphatic heterocycles. The minimum atomic E-state index is -1.05. The number of phenols is 2. The molecule has 0 spiro atoms. The molecular formula is C34H44BrN3O7. The molecule has 0 bridgehead atoms. The van der Waals surface area contributed by atoms with Crippen molar-refractivity contribution in [2.24, 2.45) is 11.8 Å². The van der Waals surface area contributed by atoms with E-state index < -0.39 is 47.9 Å². The average Bonchev–Trinajstić information content (AvgIpc) is 2.95. The molecule has 3 amide bonds. The lowest BCUT2D eigenvalue weighted by Crippen LogP contribution is -2.55. The number of halogens is 1. The molecule has 0 saturated carbocycles. The molecule has 0 saturated heterocycles. The molecule has 11 heteroatoms. The van der Waals surface area contributed by atoms with Crippen LogP contribution in [0.5, 0.6) is 11.5 Å². The fourth-order valence-electron chi connectivity index (χ4n) is 5.62. The topological polar surface area (TPSA) is 145 Å². The third-order valence-electron chi connectivity index (χ3n) is 7.95. The van der Waals surface area contributed by atoms with Gasteiger partial charge in [-0.25, -0.2) is 0 Å². The first-order valence-corrected chi connectivity index (χ1v) is 15.9. The Morgan fingerprint density at radius 3 is 2.24 bits per heavy atom. The standard InChI is InChI=1S/C34H44BrN3O7/c1-19-13-20(2)15-22(4)45-31(41)18-28(25-8-10-26(39)11-9-25)37-33(43)29(17-24-7-12-30(40)27(35)16-24)38(6)34(44)23(5)36-32(42)21(3)14-19/h7-13,16,20-23,28-29,39-40H,14-15,17-18H2,1-6H3,(H,36,42)(H,37,43)/b19-13+/t20-,21-,22+,23-,28+,29+/m0/s1. The van der Waals surface area contributed by atoms with Gasteiger partial charge in [0.25, 0.3) is 0 Å². The van der Waals surface area contributed by atoms with Gasteiger partial charge in [0.05, 0.1) is 23.0 Å². The Bertz CT molecular complexity index is 1410. The first kappa shape index (κ1) is 35.6. The Morgan fingerprint density at radius 2 is 1.60 bits per heavy atom. The summed E-state index contributed by atoms with van der Waals surface area (Å²) < 4.78 is 6.17. The van der Waals surface area contributed by atoms with E-state index in [2.05, 4.69) is 32.6 Å². The minimum absolute atomic E-state index is 0.0261. The first-order chi connectivity index (χ1) is 21.1. The Labute approximate surface area is 273 Å². The van der Waals surface area contributed by atoms with Crippen molar-refractivity contribution < 1.29 is 34.1 Å². The molecule has 0 aromatic heterocycles. The SMILES string of the molecule is C/C1=C\[C@H](C)C[C@@H](C)OC(=O)C[C@H](c2ccc(O)cc2)NC(=O)[C@@H](Cc2ccc(O)c(Br)c2)N(C)C(=O)[C@H](C)NC(=O)[C@@H](C)C1. The van der Waals surface area contributed by atoms with Gasteiger partial charge in [0.15, 0.2) is 0 Å². The van der Waals surface area contributed by atoms with Crippen molar-refractivity contribution >= 4 is 39.6 Å². The number of nitrogens with zero attached hydrogens (tertiary/aromatic N) is 1. The number of carbonyl (C=O) groups is 4. The van der Waals surface area contributed by atoms with Gasteiger partial charge in [-0.05, 0) is 90.9 Å². The summed E-state index contributed by atoms with van der Waals surface area (Å²) in [6.45, 7) is 9.17. The van der Waals surface area contributed by atoms with Gasteiger partial charge >= 0.3 is 5.97 Å². The van der Waals surface area contributed by atoms with Crippen LogP contribution in [-0.2, 0) is 30.3 Å². The quantitative estimate of drug-likeness (QED) is 0.265. The number of amides is 3. The first-order valence-electron chi connectivity index (χ1n) is 15.1. The Morgan fingerprint density at radius 1 is 0.933 bits per heavy atom. The maximum absolute atomic E-state index is 14.0. The van der Waals surface area contributed by atoms with Gasteiger partial charge in [0.1, 0.15) is 23.6 Å². The lowest BCUT2D eigenvalue weighted by Gasteiger charge is -2.32. The summed E-state index contributed by atoms with van der Waals surface area (Å²) in [5, 5.41) is 25.6. The number of rotatable bonds is 3. The van der Waals surface area contributed by atoms with Crippen molar-refractivity contribution in [1.29, 1.82) is 0 Å². The second kappa shape index (κ2) is 15.9. The number of likely N-dealkylation sites (N-methyl/N-ethyl adjacent to an activating group) is 1. The molecule has 6 atom stereocenters. The van der Waals surface area contributed by atoms with Crippen LogP contribution in [0.4, 0.5) is 0 Å². The molecule has 1 aliphatic rings. The minimum Gasteiger partial charge on any atom is -0.508 e. The van der Waals surface area contributed by atoms with E-state index in [1.165, 1.54) is 30.1 Å². The van der Waals surface area contributed by atoms with Crippen molar-refractivity contribution in [2.75, 3.05) is 7.05 Å². The lowest BCUT2D eigenvalue weighted by molar-refractivity contribution is -0.149. The smallest absolute Gasteiger partial charge is 0.308 e. The Kier molecular flexibility index (Phi) is 12.6. The molecule has 244 valence electrons. The number of ether oxygens (including phenoxy) is 1. The molecule has 0 unspecified atom stereocenters. The third-order valence-corrected chi connectivity index (χ3v) is 8.59. The summed E-state index contributed by atoms with van der Waals surface area (Å²) in [4.78, 5) is 55.2. The van der Waals surface area contributed by atoms with Crippen LogP contribution in [0.25, 0.3) is 0 Å². The summed E-state index contributed by atoms with van der Waals surface area (Å²) in [7, 11) is 1.50. The molecule has 4 N–H and O–H groups in total. The molecule has 0 radical (unpaired) electrons. The van der Waals surface area contributed by atoms with Crippen molar-refractivity contribution in [3.63, 3.8) is 0 Å². The van der Waals surface area contributed by atoms with E-state index in [9.17, 15) is 29.4 Å². The van der Waals surface area contributed by atoms with Gasteiger partial charge in [-0.15, -0.1) is 0 Å². The zero-order chi connectivity index (χ0) is 33.4. The highest BCUT2D eigenvalue weighted by molar-refractivity contribution is 9.10. The van der Waals surface area contributed by atoms with E-state index in [0.717, 1.165) is 5.57 Å². The average molecular weight is 687 g/mol. The summed E-state index contributed by atoms with van der Waals surface area (Å²) in [6.07, 6.45) is 2.63. The number of allylic oxidation sites excluding steroid dienone is 2. The largest absolute Gasteiger partial charge is 0.508 e. The highest BCUT2D eigenvalue weighted by Gasteiger charge is 2.33. The molecule has 2 aromatic rings. The maximum Gasteiger partial charge on any atom is 0.308 e. The summed E-state index contributed by atoms with van der Waals surface area (Å²) in [5.41, 5.74) is 2.24. The second-order valence-electron chi connectivity index (χ2n) is 12.2. The number of nitrogens with one attached hydrogen (secondary N) is 2. The van der Waals surface area contributed by atoms with Crippen molar-refractivity contribution in [1.82, 2.24) is 15.5 Å². The number of esters is 1. The zero-order valence-corrected chi connectivity index (χ0v) is 28.3. The number of carbonyl (C=O) groups excluding carboxylic acids is 4. The van der Waals surface area contributed by atoms with E-state index in [1.54, 1.807) is 38.1 Å². The number of cyclic esters (lactones) is 1. The predicted octanol–water partition coefficient (Wildman–Crippen LogP) is 4.93. The summed E-state index contributed by atoms with van der Waals surface area (Å²) >= 11 is 3.30. The fraction of sp³-hybridized carbons (Fsp3) is 0.471. The van der Waals surface area contributed by atoms with Gasteiger partial charge < -0.3 is 30.5 Å².